The van der Waals surface area contributed by atoms with Crippen molar-refractivity contribution in [3.63, 3.8) is 0 Å². The Hall–Kier alpha value is -3.28. The van der Waals surface area contributed by atoms with Crippen LogP contribution in [0.4, 0.5) is 5.69 Å². The maximum absolute atomic E-state index is 12.4. The van der Waals surface area contributed by atoms with E-state index in [9.17, 15) is 9.59 Å². The third kappa shape index (κ3) is 3.06. The number of esters is 1. The van der Waals surface area contributed by atoms with E-state index in [0.29, 0.717) is 39.4 Å². The Morgan fingerprint density at radius 3 is 2.52 bits per heavy atom. The van der Waals surface area contributed by atoms with Crippen LogP contribution in [-0.2, 0) is 9.53 Å². The number of hydrogen-bond acceptors (Lipinski definition) is 5. The predicted molar refractivity (Wildman–Crippen MR) is 93.8 cm³/mol. The Morgan fingerprint density at radius 2 is 1.84 bits per heavy atom. The van der Waals surface area contributed by atoms with Crippen molar-refractivity contribution in [2.75, 3.05) is 26.6 Å². The van der Waals surface area contributed by atoms with Gasteiger partial charge in [-0.3, -0.25) is 4.79 Å². The summed E-state index contributed by atoms with van der Waals surface area (Å²) < 4.78 is 15.3. The maximum Gasteiger partial charge on any atom is 0.337 e. The lowest BCUT2D eigenvalue weighted by atomic mass is 10.0. The van der Waals surface area contributed by atoms with Gasteiger partial charge in [-0.15, -0.1) is 0 Å². The van der Waals surface area contributed by atoms with Gasteiger partial charge in [-0.2, -0.15) is 0 Å². The molecule has 0 saturated heterocycles. The van der Waals surface area contributed by atoms with Crippen molar-refractivity contribution in [3.05, 3.63) is 53.1 Å². The molecule has 0 spiro atoms. The lowest BCUT2D eigenvalue weighted by Gasteiger charge is -2.08. The molecular weight excluding hydrogens is 322 g/mol. The fourth-order valence-electron chi connectivity index (χ4n) is 2.68. The van der Waals surface area contributed by atoms with E-state index >= 15 is 0 Å². The number of ether oxygens (including phenoxy) is 3. The van der Waals surface area contributed by atoms with Crippen molar-refractivity contribution in [1.82, 2.24) is 0 Å². The molecule has 0 radical (unpaired) electrons. The lowest BCUT2D eigenvalue weighted by molar-refractivity contribution is -0.110. The summed E-state index contributed by atoms with van der Waals surface area (Å²) in [4.78, 5) is 24.1. The Labute approximate surface area is 145 Å². The zero-order valence-electron chi connectivity index (χ0n) is 14.1. The largest absolute Gasteiger partial charge is 0.497 e. The standard InChI is InChI=1S/C19H17NO5/c1-23-13-5-7-17(24-2)12(8-13)10-15-14-9-11(19(22)25-3)4-6-16(14)20-18(15)21/h4-10H,1-3H3,(H,20,21)/b15-10-. The summed E-state index contributed by atoms with van der Waals surface area (Å²) in [6.45, 7) is 0. The van der Waals surface area contributed by atoms with Gasteiger partial charge < -0.3 is 19.5 Å². The zero-order valence-corrected chi connectivity index (χ0v) is 14.1. The van der Waals surface area contributed by atoms with Gasteiger partial charge in [-0.25, -0.2) is 4.79 Å². The van der Waals surface area contributed by atoms with Crippen LogP contribution in [0.5, 0.6) is 11.5 Å². The normalized spacial score (nSPS) is 14.0. The molecule has 1 aliphatic heterocycles. The highest BCUT2D eigenvalue weighted by Crippen LogP contribution is 2.36. The Kier molecular flexibility index (Phi) is 4.43. The van der Waals surface area contributed by atoms with Crippen LogP contribution in [0.2, 0.25) is 0 Å². The molecule has 0 atom stereocenters. The molecule has 1 aliphatic rings. The first kappa shape index (κ1) is 16.6. The number of anilines is 1. The van der Waals surface area contributed by atoms with Gasteiger partial charge in [0.25, 0.3) is 5.91 Å². The average molecular weight is 339 g/mol. The summed E-state index contributed by atoms with van der Waals surface area (Å²) in [7, 11) is 4.44. The van der Waals surface area contributed by atoms with E-state index in [-0.39, 0.29) is 5.91 Å². The second kappa shape index (κ2) is 6.68. The molecule has 0 saturated carbocycles. The highest BCUT2D eigenvalue weighted by molar-refractivity contribution is 6.35. The minimum Gasteiger partial charge on any atom is -0.497 e. The van der Waals surface area contributed by atoms with Crippen LogP contribution in [0.1, 0.15) is 21.5 Å². The average Bonchev–Trinajstić information content (AvgIpc) is 2.95. The number of carbonyl (C=O) groups is 2. The molecule has 6 heteroatoms. The monoisotopic (exact) mass is 339 g/mol. The number of hydrogen-bond donors (Lipinski definition) is 1. The van der Waals surface area contributed by atoms with E-state index in [1.54, 1.807) is 56.7 Å². The molecule has 3 rings (SSSR count). The highest BCUT2D eigenvalue weighted by atomic mass is 16.5. The molecule has 2 aromatic carbocycles. The van der Waals surface area contributed by atoms with Gasteiger partial charge in [0.1, 0.15) is 11.5 Å². The van der Waals surface area contributed by atoms with Gasteiger partial charge in [0.2, 0.25) is 0 Å². The number of fused-ring (bicyclic) bond motifs is 1. The van der Waals surface area contributed by atoms with Crippen LogP contribution < -0.4 is 14.8 Å². The Balaban J connectivity index is 2.12. The molecule has 0 fully saturated rings. The van der Waals surface area contributed by atoms with Crippen molar-refractivity contribution < 1.29 is 23.8 Å². The number of amides is 1. The molecule has 1 amide bonds. The molecule has 128 valence electrons. The third-order valence-electron chi connectivity index (χ3n) is 3.96. The van der Waals surface area contributed by atoms with Gasteiger partial charge in [-0.05, 0) is 42.5 Å². The van der Waals surface area contributed by atoms with Gasteiger partial charge in [0, 0.05) is 22.4 Å². The van der Waals surface area contributed by atoms with Crippen LogP contribution in [0.3, 0.4) is 0 Å². The van der Waals surface area contributed by atoms with Crippen molar-refractivity contribution in [2.45, 2.75) is 0 Å². The van der Waals surface area contributed by atoms with Crippen LogP contribution in [0.25, 0.3) is 11.6 Å². The van der Waals surface area contributed by atoms with Crippen LogP contribution in [0.15, 0.2) is 36.4 Å². The summed E-state index contributed by atoms with van der Waals surface area (Å²) in [6.07, 6.45) is 1.71. The quantitative estimate of drug-likeness (QED) is 0.685. The van der Waals surface area contributed by atoms with E-state index in [1.165, 1.54) is 7.11 Å². The second-order valence-corrected chi connectivity index (χ2v) is 5.37. The first-order chi connectivity index (χ1) is 12.1. The molecule has 6 nitrogen and oxygen atoms in total. The molecule has 1 N–H and O–H groups in total. The minimum absolute atomic E-state index is 0.248. The van der Waals surface area contributed by atoms with Crippen LogP contribution in [-0.4, -0.2) is 33.2 Å². The summed E-state index contributed by atoms with van der Waals surface area (Å²) in [5.41, 5.74) is 2.79. The number of methoxy groups -OCH3 is 3. The molecule has 2 aromatic rings. The number of rotatable bonds is 4. The van der Waals surface area contributed by atoms with Gasteiger partial charge in [0.15, 0.2) is 0 Å². The molecule has 1 heterocycles. The van der Waals surface area contributed by atoms with E-state index in [4.69, 9.17) is 14.2 Å². The molecule has 25 heavy (non-hydrogen) atoms. The van der Waals surface area contributed by atoms with E-state index < -0.39 is 5.97 Å². The zero-order chi connectivity index (χ0) is 18.0. The summed E-state index contributed by atoms with van der Waals surface area (Å²) >= 11 is 0. The third-order valence-corrected chi connectivity index (χ3v) is 3.96. The fraction of sp³-hybridized carbons (Fsp3) is 0.158. The number of benzene rings is 2. The van der Waals surface area contributed by atoms with Crippen LogP contribution in [0, 0.1) is 0 Å². The summed E-state index contributed by atoms with van der Waals surface area (Å²) in [6, 6.07) is 10.3. The Morgan fingerprint density at radius 1 is 1.04 bits per heavy atom. The summed E-state index contributed by atoms with van der Waals surface area (Å²) in [5.74, 6) is 0.551. The molecular formula is C19H17NO5. The topological polar surface area (TPSA) is 73.9 Å². The molecule has 0 bridgehead atoms. The highest BCUT2D eigenvalue weighted by Gasteiger charge is 2.26. The van der Waals surface area contributed by atoms with E-state index in [2.05, 4.69) is 5.32 Å². The second-order valence-electron chi connectivity index (χ2n) is 5.37. The first-order valence-electron chi connectivity index (χ1n) is 7.55. The van der Waals surface area contributed by atoms with Crippen molar-refractivity contribution in [3.8, 4) is 11.5 Å². The molecule has 0 unspecified atom stereocenters. The van der Waals surface area contributed by atoms with Crippen molar-refractivity contribution >= 4 is 29.2 Å². The molecule has 0 aromatic heterocycles. The number of nitrogens with one attached hydrogen (secondary N) is 1. The van der Waals surface area contributed by atoms with Gasteiger partial charge in [0.05, 0.1) is 26.9 Å². The Bertz CT molecular complexity index is 885. The van der Waals surface area contributed by atoms with Gasteiger partial charge >= 0.3 is 5.97 Å². The van der Waals surface area contributed by atoms with Crippen LogP contribution >= 0.6 is 0 Å². The molecule has 0 aliphatic carbocycles. The van der Waals surface area contributed by atoms with Crippen molar-refractivity contribution in [2.24, 2.45) is 0 Å². The minimum atomic E-state index is -0.458. The smallest absolute Gasteiger partial charge is 0.337 e. The van der Waals surface area contributed by atoms with E-state index in [0.717, 1.165) is 0 Å². The first-order valence-corrected chi connectivity index (χ1v) is 7.55. The van der Waals surface area contributed by atoms with Gasteiger partial charge in [-0.1, -0.05) is 0 Å². The van der Waals surface area contributed by atoms with E-state index in [1.807, 2.05) is 0 Å². The lowest BCUT2D eigenvalue weighted by Crippen LogP contribution is -2.03. The fourth-order valence-corrected chi connectivity index (χ4v) is 2.68. The predicted octanol–water partition coefficient (Wildman–Crippen LogP) is 2.98. The maximum atomic E-state index is 12.4. The summed E-state index contributed by atoms with van der Waals surface area (Å²) in [5, 5.41) is 2.79. The van der Waals surface area contributed by atoms with Crippen molar-refractivity contribution in [1.29, 1.82) is 0 Å². The number of carbonyl (C=O) groups excluding carboxylic acids is 2. The SMILES string of the molecule is COC(=O)c1ccc2c(c1)/C(=C/c1cc(OC)ccc1OC)C(=O)N2.